The quantitative estimate of drug-likeness (QED) is 0.644. The number of halogens is 2. The molecule has 1 aromatic carbocycles. The number of rotatable bonds is 6. The van der Waals surface area contributed by atoms with Crippen molar-refractivity contribution in [2.45, 2.75) is 17.4 Å². The summed E-state index contributed by atoms with van der Waals surface area (Å²) in [7, 11) is 2.04. The van der Waals surface area contributed by atoms with Gasteiger partial charge in [-0.2, -0.15) is 0 Å². The molecule has 0 aliphatic carbocycles. The molecule has 1 nitrogen and oxygen atoms in total. The Morgan fingerprint density at radius 3 is 2.74 bits per heavy atom. The van der Waals surface area contributed by atoms with Gasteiger partial charge in [0, 0.05) is 35.9 Å². The molecule has 0 aliphatic rings. The van der Waals surface area contributed by atoms with Gasteiger partial charge >= 0.3 is 0 Å². The molecule has 0 bridgehead atoms. The second-order valence-electron chi connectivity index (χ2n) is 4.16. The van der Waals surface area contributed by atoms with Crippen molar-refractivity contribution in [1.29, 1.82) is 0 Å². The summed E-state index contributed by atoms with van der Waals surface area (Å²) in [6.07, 6.45) is 1.07. The molecule has 1 N–H and O–H groups in total. The molecule has 0 amide bonds. The van der Waals surface area contributed by atoms with Crippen LogP contribution in [0.3, 0.4) is 0 Å². The number of likely N-dealkylation sites (N-methyl/N-ethyl adjacent to an activating group) is 1. The Morgan fingerprint density at radius 2 is 2.11 bits per heavy atom. The van der Waals surface area contributed by atoms with Crippen molar-refractivity contribution in [3.63, 3.8) is 0 Å². The molecule has 1 unspecified atom stereocenters. The molecule has 0 saturated heterocycles. The van der Waals surface area contributed by atoms with Crippen LogP contribution in [-0.4, -0.2) is 18.8 Å². The van der Waals surface area contributed by atoms with Gasteiger partial charge in [0.15, 0.2) is 0 Å². The Hall–Kier alpha value is 0.190. The van der Waals surface area contributed by atoms with E-state index in [1.807, 2.05) is 36.2 Å². The van der Waals surface area contributed by atoms with E-state index in [0.717, 1.165) is 12.2 Å². The summed E-state index contributed by atoms with van der Waals surface area (Å²) < 4.78 is 2.36. The number of hydrogen-bond donors (Lipinski definition) is 1. The van der Waals surface area contributed by atoms with Gasteiger partial charge in [0.1, 0.15) is 0 Å². The maximum absolute atomic E-state index is 3.59. The van der Waals surface area contributed by atoms with Crippen molar-refractivity contribution < 1.29 is 0 Å². The van der Waals surface area contributed by atoms with Gasteiger partial charge in [-0.15, -0.1) is 23.1 Å². The molecule has 0 fully saturated rings. The van der Waals surface area contributed by atoms with Gasteiger partial charge in [-0.25, -0.2) is 0 Å². The molecule has 1 heterocycles. The molecule has 5 heteroatoms. The highest BCUT2D eigenvalue weighted by Gasteiger charge is 2.10. The first-order valence-corrected chi connectivity index (χ1v) is 9.41. The largest absolute Gasteiger partial charge is 0.316 e. The predicted molar refractivity (Wildman–Crippen MR) is 93.4 cm³/mol. The standard InChI is InChI=1S/C14H15Br2NS2/c1-17-11(7-12-6-10(15)8-18-12)9-19-14-5-3-2-4-13(14)16/h2-6,8,11,17H,7,9H2,1H3. The Balaban J connectivity index is 1.91. The summed E-state index contributed by atoms with van der Waals surface area (Å²) in [5, 5.41) is 5.55. The average molecular weight is 421 g/mol. The van der Waals surface area contributed by atoms with Crippen LogP contribution < -0.4 is 5.32 Å². The summed E-state index contributed by atoms with van der Waals surface area (Å²) in [6, 6.07) is 11.1. The number of hydrogen-bond acceptors (Lipinski definition) is 3. The van der Waals surface area contributed by atoms with Gasteiger partial charge in [-0.1, -0.05) is 12.1 Å². The van der Waals surface area contributed by atoms with Crippen molar-refractivity contribution in [1.82, 2.24) is 5.32 Å². The van der Waals surface area contributed by atoms with Gasteiger partial charge in [-0.3, -0.25) is 0 Å². The molecule has 19 heavy (non-hydrogen) atoms. The van der Waals surface area contributed by atoms with Crippen LogP contribution in [0.1, 0.15) is 4.88 Å². The lowest BCUT2D eigenvalue weighted by atomic mass is 10.2. The molecule has 102 valence electrons. The Kier molecular flexibility index (Phi) is 6.42. The van der Waals surface area contributed by atoms with Crippen LogP contribution in [0, 0.1) is 0 Å². The minimum absolute atomic E-state index is 0.489. The molecule has 0 radical (unpaired) electrons. The molecule has 0 aliphatic heterocycles. The van der Waals surface area contributed by atoms with Crippen LogP contribution in [0.2, 0.25) is 0 Å². The van der Waals surface area contributed by atoms with Crippen LogP contribution in [0.25, 0.3) is 0 Å². The summed E-state index contributed by atoms with van der Waals surface area (Å²) in [5.74, 6) is 1.06. The lowest BCUT2D eigenvalue weighted by Crippen LogP contribution is -2.29. The second-order valence-corrected chi connectivity index (χ2v) is 7.99. The number of thiophene rings is 1. The lowest BCUT2D eigenvalue weighted by molar-refractivity contribution is 0.622. The highest BCUT2D eigenvalue weighted by molar-refractivity contribution is 9.10. The minimum atomic E-state index is 0.489. The Morgan fingerprint density at radius 1 is 1.32 bits per heavy atom. The minimum Gasteiger partial charge on any atom is -0.316 e. The van der Waals surface area contributed by atoms with Gasteiger partial charge < -0.3 is 5.32 Å². The molecule has 0 spiro atoms. The zero-order valence-corrected chi connectivity index (χ0v) is 15.3. The molecular weight excluding hydrogens is 406 g/mol. The maximum Gasteiger partial charge on any atom is 0.0311 e. The summed E-state index contributed by atoms with van der Waals surface area (Å²) in [5.41, 5.74) is 0. The number of nitrogens with one attached hydrogen (secondary N) is 1. The van der Waals surface area contributed by atoms with E-state index in [0.29, 0.717) is 6.04 Å². The van der Waals surface area contributed by atoms with E-state index in [9.17, 15) is 0 Å². The lowest BCUT2D eigenvalue weighted by Gasteiger charge is -2.15. The first-order valence-electron chi connectivity index (χ1n) is 5.96. The first kappa shape index (κ1) is 15.6. The first-order chi connectivity index (χ1) is 9.19. The second kappa shape index (κ2) is 7.84. The van der Waals surface area contributed by atoms with Gasteiger partial charge in [0.25, 0.3) is 0 Å². The van der Waals surface area contributed by atoms with E-state index >= 15 is 0 Å². The van der Waals surface area contributed by atoms with Crippen molar-refractivity contribution in [3.05, 3.63) is 49.5 Å². The third-order valence-corrected chi connectivity index (χ3v) is 6.66. The molecule has 2 aromatic rings. The fourth-order valence-electron chi connectivity index (χ4n) is 1.70. The van der Waals surface area contributed by atoms with E-state index < -0.39 is 0 Å². The molecule has 1 aromatic heterocycles. The molecule has 2 rings (SSSR count). The van der Waals surface area contributed by atoms with Crippen molar-refractivity contribution in [2.75, 3.05) is 12.8 Å². The summed E-state index contributed by atoms with van der Waals surface area (Å²) >= 11 is 10.8. The highest BCUT2D eigenvalue weighted by Crippen LogP contribution is 2.28. The summed E-state index contributed by atoms with van der Waals surface area (Å²) in [6.45, 7) is 0. The fraction of sp³-hybridized carbons (Fsp3) is 0.286. The van der Waals surface area contributed by atoms with Crippen LogP contribution >= 0.6 is 55.0 Å². The molecule has 1 atom stereocenters. The van der Waals surface area contributed by atoms with Gasteiger partial charge in [0.2, 0.25) is 0 Å². The van der Waals surface area contributed by atoms with Crippen LogP contribution in [0.15, 0.2) is 49.6 Å². The Bertz CT molecular complexity index is 528. The van der Waals surface area contributed by atoms with Gasteiger partial charge in [-0.05, 0) is 63.5 Å². The van der Waals surface area contributed by atoms with E-state index in [4.69, 9.17) is 0 Å². The molecule has 0 saturated carbocycles. The van der Waals surface area contributed by atoms with Gasteiger partial charge in [0.05, 0.1) is 0 Å². The number of benzene rings is 1. The van der Waals surface area contributed by atoms with Crippen molar-refractivity contribution in [2.24, 2.45) is 0 Å². The zero-order valence-electron chi connectivity index (χ0n) is 10.5. The average Bonchev–Trinajstić information content (AvgIpc) is 2.81. The highest BCUT2D eigenvalue weighted by atomic mass is 79.9. The zero-order chi connectivity index (χ0) is 13.7. The SMILES string of the molecule is CNC(CSc1ccccc1Br)Cc1cc(Br)cs1. The van der Waals surface area contributed by atoms with E-state index in [2.05, 4.69) is 66.8 Å². The van der Waals surface area contributed by atoms with Crippen LogP contribution in [-0.2, 0) is 6.42 Å². The monoisotopic (exact) mass is 419 g/mol. The topological polar surface area (TPSA) is 12.0 Å². The van der Waals surface area contributed by atoms with Crippen molar-refractivity contribution in [3.8, 4) is 0 Å². The van der Waals surface area contributed by atoms with Crippen LogP contribution in [0.4, 0.5) is 0 Å². The van der Waals surface area contributed by atoms with E-state index in [1.165, 1.54) is 18.7 Å². The normalized spacial score (nSPS) is 12.6. The van der Waals surface area contributed by atoms with Crippen molar-refractivity contribution >= 4 is 55.0 Å². The third-order valence-electron chi connectivity index (χ3n) is 2.75. The van der Waals surface area contributed by atoms with Crippen LogP contribution in [0.5, 0.6) is 0 Å². The number of thioether (sulfide) groups is 1. The smallest absolute Gasteiger partial charge is 0.0311 e. The maximum atomic E-state index is 3.59. The Labute approximate surface area is 139 Å². The predicted octanol–water partition coefficient (Wildman–Crippen LogP) is 5.20. The van der Waals surface area contributed by atoms with E-state index in [1.54, 1.807) is 0 Å². The summed E-state index contributed by atoms with van der Waals surface area (Å²) in [4.78, 5) is 2.72. The fourth-order valence-corrected chi connectivity index (χ4v) is 4.91. The van der Waals surface area contributed by atoms with E-state index in [-0.39, 0.29) is 0 Å². The molecular formula is C14H15Br2NS2. The third kappa shape index (κ3) is 4.90.